The lowest BCUT2D eigenvalue weighted by molar-refractivity contribution is 0.0934. The summed E-state index contributed by atoms with van der Waals surface area (Å²) in [5.41, 5.74) is 2.40. The van der Waals surface area contributed by atoms with E-state index in [2.05, 4.69) is 20.8 Å². The van der Waals surface area contributed by atoms with E-state index < -0.39 is 0 Å². The summed E-state index contributed by atoms with van der Waals surface area (Å²) in [6.07, 6.45) is 0. The van der Waals surface area contributed by atoms with Crippen LogP contribution in [-0.4, -0.2) is 16.1 Å². The first-order valence-electron chi connectivity index (χ1n) is 8.29. The number of hydrogen-bond acceptors (Lipinski definition) is 4. The molecule has 6 heteroatoms. The number of aromatic nitrogens is 2. The van der Waals surface area contributed by atoms with Crippen molar-refractivity contribution in [2.45, 2.75) is 19.5 Å². The molecule has 1 atom stereocenters. The lowest BCUT2D eigenvalue weighted by Crippen LogP contribution is -2.27. The zero-order chi connectivity index (χ0) is 18.4. The van der Waals surface area contributed by atoms with Crippen LogP contribution in [0.3, 0.4) is 0 Å². The molecule has 0 aliphatic rings. The van der Waals surface area contributed by atoms with Crippen molar-refractivity contribution < 1.29 is 4.79 Å². The number of rotatable bonds is 6. The minimum atomic E-state index is -0.252. The minimum absolute atomic E-state index is 0.104. The molecular weight excluding hydrogens is 348 g/mol. The van der Waals surface area contributed by atoms with Gasteiger partial charge in [-0.05, 0) is 42.3 Å². The van der Waals surface area contributed by atoms with Gasteiger partial charge >= 0.3 is 0 Å². The molecule has 0 saturated heterocycles. The van der Waals surface area contributed by atoms with E-state index in [1.54, 1.807) is 12.1 Å². The number of hydrogen-bond donors (Lipinski definition) is 2. The number of amides is 1. The van der Waals surface area contributed by atoms with Gasteiger partial charge in [-0.3, -0.25) is 4.79 Å². The molecule has 5 nitrogen and oxygen atoms in total. The summed E-state index contributed by atoms with van der Waals surface area (Å²) >= 11 is 5.87. The van der Waals surface area contributed by atoms with E-state index in [0.29, 0.717) is 17.4 Å². The first kappa shape index (κ1) is 17.9. The van der Waals surface area contributed by atoms with Gasteiger partial charge in [0.25, 0.3) is 5.91 Å². The molecule has 0 bridgehead atoms. The van der Waals surface area contributed by atoms with Crippen LogP contribution in [0.15, 0.2) is 66.7 Å². The molecule has 0 aliphatic heterocycles. The number of halogens is 1. The number of carbonyl (C=O) groups excluding carboxylic acids is 1. The zero-order valence-electron chi connectivity index (χ0n) is 14.3. The smallest absolute Gasteiger partial charge is 0.272 e. The molecule has 0 radical (unpaired) electrons. The van der Waals surface area contributed by atoms with E-state index in [9.17, 15) is 4.79 Å². The number of benzene rings is 2. The fourth-order valence-electron chi connectivity index (χ4n) is 2.44. The fourth-order valence-corrected chi connectivity index (χ4v) is 2.56. The topological polar surface area (TPSA) is 66.9 Å². The first-order valence-corrected chi connectivity index (χ1v) is 8.67. The van der Waals surface area contributed by atoms with Crippen molar-refractivity contribution in [3.8, 4) is 0 Å². The maximum Gasteiger partial charge on any atom is 0.272 e. The highest BCUT2D eigenvalue weighted by atomic mass is 35.5. The molecule has 132 valence electrons. The second-order valence-electron chi connectivity index (χ2n) is 5.89. The maximum atomic E-state index is 12.3. The van der Waals surface area contributed by atoms with Gasteiger partial charge in [-0.25, -0.2) is 0 Å². The van der Waals surface area contributed by atoms with Crippen molar-refractivity contribution in [3.05, 3.63) is 88.6 Å². The Bertz CT molecular complexity index is 851. The Morgan fingerprint density at radius 2 is 1.73 bits per heavy atom. The first-order chi connectivity index (χ1) is 12.6. The molecular formula is C20H19ClN4O. The number of carbonyl (C=O) groups is 1. The van der Waals surface area contributed by atoms with Gasteiger partial charge in [0.2, 0.25) is 0 Å². The van der Waals surface area contributed by atoms with Crippen molar-refractivity contribution in [3.63, 3.8) is 0 Å². The van der Waals surface area contributed by atoms with Gasteiger partial charge in [0, 0.05) is 11.6 Å². The van der Waals surface area contributed by atoms with Crippen LogP contribution in [0.2, 0.25) is 5.02 Å². The molecule has 1 amide bonds. The molecule has 0 saturated carbocycles. The largest absolute Gasteiger partial charge is 0.365 e. The Labute approximate surface area is 157 Å². The number of nitrogens with zero attached hydrogens (tertiary/aromatic N) is 2. The third-order valence-electron chi connectivity index (χ3n) is 3.93. The third kappa shape index (κ3) is 4.80. The lowest BCUT2D eigenvalue weighted by atomic mass is 10.1. The summed E-state index contributed by atoms with van der Waals surface area (Å²) in [7, 11) is 0. The highest BCUT2D eigenvalue weighted by Gasteiger charge is 2.13. The monoisotopic (exact) mass is 366 g/mol. The molecule has 0 aliphatic carbocycles. The van der Waals surface area contributed by atoms with Gasteiger partial charge < -0.3 is 10.6 Å². The molecule has 26 heavy (non-hydrogen) atoms. The summed E-state index contributed by atoms with van der Waals surface area (Å²) in [6.45, 7) is 2.53. The fraction of sp³-hybridized carbons (Fsp3) is 0.150. The van der Waals surface area contributed by atoms with E-state index in [0.717, 1.165) is 11.1 Å². The van der Waals surface area contributed by atoms with Crippen molar-refractivity contribution in [2.75, 3.05) is 5.32 Å². The van der Waals surface area contributed by atoms with E-state index in [4.69, 9.17) is 11.6 Å². The van der Waals surface area contributed by atoms with Gasteiger partial charge in [0.1, 0.15) is 5.82 Å². The molecule has 1 heterocycles. The average Bonchev–Trinajstić information content (AvgIpc) is 2.68. The van der Waals surface area contributed by atoms with Crippen LogP contribution in [0, 0.1) is 0 Å². The van der Waals surface area contributed by atoms with Gasteiger partial charge in [-0.1, -0.05) is 54.1 Å². The van der Waals surface area contributed by atoms with Crippen LogP contribution < -0.4 is 10.6 Å². The zero-order valence-corrected chi connectivity index (χ0v) is 15.1. The van der Waals surface area contributed by atoms with E-state index in [1.165, 1.54) is 0 Å². The molecule has 0 spiro atoms. The molecule has 2 aromatic carbocycles. The van der Waals surface area contributed by atoms with Crippen LogP contribution in [0.4, 0.5) is 5.82 Å². The standard InChI is InChI=1S/C20H19ClN4O/c1-14(16-5-3-2-4-6-16)23-20(26)18-11-12-19(25-24-18)22-13-15-7-9-17(21)10-8-15/h2-12,14H,13H2,1H3,(H,22,25)(H,23,26). The minimum Gasteiger partial charge on any atom is -0.365 e. The Hall–Kier alpha value is -2.92. The van der Waals surface area contributed by atoms with Crippen LogP contribution in [0.5, 0.6) is 0 Å². The van der Waals surface area contributed by atoms with Crippen LogP contribution in [0.25, 0.3) is 0 Å². The Morgan fingerprint density at radius 1 is 1.00 bits per heavy atom. The molecule has 1 unspecified atom stereocenters. The Kier molecular flexibility index (Phi) is 5.81. The van der Waals surface area contributed by atoms with Crippen molar-refractivity contribution in [1.82, 2.24) is 15.5 Å². The molecule has 3 aromatic rings. The van der Waals surface area contributed by atoms with Crippen LogP contribution in [-0.2, 0) is 6.54 Å². The summed E-state index contributed by atoms with van der Waals surface area (Å²) in [4.78, 5) is 12.3. The quantitative estimate of drug-likeness (QED) is 0.685. The van der Waals surface area contributed by atoms with Gasteiger partial charge in [0.05, 0.1) is 6.04 Å². The Balaban J connectivity index is 1.56. The molecule has 3 rings (SSSR count). The van der Waals surface area contributed by atoms with Gasteiger partial charge in [-0.2, -0.15) is 0 Å². The number of anilines is 1. The average molecular weight is 367 g/mol. The van der Waals surface area contributed by atoms with Crippen LogP contribution in [0.1, 0.15) is 34.6 Å². The van der Waals surface area contributed by atoms with Crippen molar-refractivity contribution in [1.29, 1.82) is 0 Å². The third-order valence-corrected chi connectivity index (χ3v) is 4.18. The normalized spacial score (nSPS) is 11.6. The van der Waals surface area contributed by atoms with E-state index in [-0.39, 0.29) is 17.6 Å². The van der Waals surface area contributed by atoms with Crippen molar-refractivity contribution >= 4 is 23.3 Å². The summed E-state index contributed by atoms with van der Waals surface area (Å²) in [6, 6.07) is 20.6. The predicted molar refractivity (Wildman–Crippen MR) is 103 cm³/mol. The lowest BCUT2D eigenvalue weighted by Gasteiger charge is -2.13. The molecule has 1 aromatic heterocycles. The van der Waals surface area contributed by atoms with Gasteiger partial charge in [0.15, 0.2) is 5.69 Å². The van der Waals surface area contributed by atoms with Gasteiger partial charge in [-0.15, -0.1) is 10.2 Å². The second kappa shape index (κ2) is 8.45. The van der Waals surface area contributed by atoms with Crippen molar-refractivity contribution in [2.24, 2.45) is 0 Å². The van der Waals surface area contributed by atoms with E-state index in [1.807, 2.05) is 61.5 Å². The highest BCUT2D eigenvalue weighted by Crippen LogP contribution is 2.13. The molecule has 0 fully saturated rings. The van der Waals surface area contributed by atoms with Crippen LogP contribution >= 0.6 is 11.6 Å². The van der Waals surface area contributed by atoms with E-state index >= 15 is 0 Å². The highest BCUT2D eigenvalue weighted by molar-refractivity contribution is 6.30. The predicted octanol–water partition coefficient (Wildman–Crippen LogP) is 4.23. The summed E-state index contributed by atoms with van der Waals surface area (Å²) in [5.74, 6) is 0.353. The molecule has 2 N–H and O–H groups in total. The number of nitrogens with one attached hydrogen (secondary N) is 2. The summed E-state index contributed by atoms with van der Waals surface area (Å²) in [5, 5.41) is 14.9. The SMILES string of the molecule is CC(NC(=O)c1ccc(NCc2ccc(Cl)cc2)nn1)c1ccccc1. The second-order valence-corrected chi connectivity index (χ2v) is 6.33. The Morgan fingerprint density at radius 3 is 2.38 bits per heavy atom. The maximum absolute atomic E-state index is 12.3. The summed E-state index contributed by atoms with van der Waals surface area (Å²) < 4.78 is 0.